The van der Waals surface area contributed by atoms with E-state index in [1.807, 2.05) is 97.1 Å². The van der Waals surface area contributed by atoms with Gasteiger partial charge in [-0.25, -0.2) is 15.0 Å². The van der Waals surface area contributed by atoms with E-state index in [1.54, 1.807) is 0 Å². The van der Waals surface area contributed by atoms with Gasteiger partial charge in [-0.1, -0.05) is 97.1 Å². The van der Waals surface area contributed by atoms with Crippen molar-refractivity contribution in [3.8, 4) is 45.6 Å². The van der Waals surface area contributed by atoms with Crippen molar-refractivity contribution in [3.63, 3.8) is 0 Å². The molecular weight excluding hydrogens is 495 g/mol. The number of hydrogen-bond donors (Lipinski definition) is 1. The maximum atomic E-state index is 9.37. The molecule has 6 nitrogen and oxygen atoms in total. The molecule has 0 aliphatic heterocycles. The summed E-state index contributed by atoms with van der Waals surface area (Å²) >= 11 is 0. The minimum Gasteiger partial charge on any atom is -0.537 e. The van der Waals surface area contributed by atoms with Crippen molar-refractivity contribution in [3.05, 3.63) is 127 Å². The predicted molar refractivity (Wildman–Crippen MR) is 159 cm³/mol. The van der Waals surface area contributed by atoms with Gasteiger partial charge in [-0.15, -0.1) is 0 Å². The van der Waals surface area contributed by atoms with Crippen LogP contribution in [0.15, 0.2) is 127 Å². The molecule has 0 unspecified atom stereocenters. The van der Waals surface area contributed by atoms with Crippen LogP contribution in [0.25, 0.3) is 61.7 Å². The summed E-state index contributed by atoms with van der Waals surface area (Å²) in [5.41, 5.74) is 5.66. The number of para-hydroxylation sites is 1. The highest BCUT2D eigenvalue weighted by Crippen LogP contribution is 2.38. The van der Waals surface area contributed by atoms with Crippen LogP contribution in [-0.4, -0.2) is 32.2 Å². The SMILES string of the molecule is O[B]Oc1cccc2c1c1ccccc1n2-c1cccc(-c2nc(-c3ccccc3)nc(-c3ccccc3)n2)c1. The molecule has 0 saturated heterocycles. The second kappa shape index (κ2) is 10.1. The molecule has 2 aromatic heterocycles. The number of benzene rings is 5. The van der Waals surface area contributed by atoms with Crippen LogP contribution in [0.3, 0.4) is 0 Å². The summed E-state index contributed by atoms with van der Waals surface area (Å²) in [5, 5.41) is 11.3. The highest BCUT2D eigenvalue weighted by Gasteiger charge is 2.17. The third kappa shape index (κ3) is 4.19. The van der Waals surface area contributed by atoms with Gasteiger partial charge >= 0.3 is 7.69 Å². The van der Waals surface area contributed by atoms with Gasteiger partial charge in [-0.3, -0.25) is 0 Å². The van der Waals surface area contributed by atoms with Gasteiger partial charge in [0.1, 0.15) is 5.75 Å². The lowest BCUT2D eigenvalue weighted by Gasteiger charge is -2.12. The van der Waals surface area contributed by atoms with Gasteiger partial charge in [0.2, 0.25) is 0 Å². The molecule has 0 bridgehead atoms. The fourth-order valence-electron chi connectivity index (χ4n) is 5.14. The zero-order valence-corrected chi connectivity index (χ0v) is 21.3. The van der Waals surface area contributed by atoms with Gasteiger partial charge in [0.25, 0.3) is 0 Å². The molecule has 7 heteroatoms. The Labute approximate surface area is 231 Å². The Bertz CT molecular complexity index is 1920. The molecule has 0 fully saturated rings. The summed E-state index contributed by atoms with van der Waals surface area (Å²) in [4.78, 5) is 14.6. The summed E-state index contributed by atoms with van der Waals surface area (Å²) < 4.78 is 7.66. The zero-order valence-electron chi connectivity index (χ0n) is 21.3. The van der Waals surface area contributed by atoms with Gasteiger partial charge in [-0.05, 0) is 30.3 Å². The summed E-state index contributed by atoms with van der Waals surface area (Å²) in [7, 11) is 0.719. The molecule has 0 amide bonds. The normalized spacial score (nSPS) is 11.1. The van der Waals surface area contributed by atoms with Gasteiger partial charge in [0.05, 0.1) is 11.0 Å². The van der Waals surface area contributed by atoms with Crippen LogP contribution in [0.1, 0.15) is 0 Å². The quantitative estimate of drug-likeness (QED) is 0.244. The average molecular weight is 517 g/mol. The van der Waals surface area contributed by atoms with Gasteiger partial charge in [0.15, 0.2) is 17.5 Å². The summed E-state index contributed by atoms with van der Waals surface area (Å²) in [6, 6.07) is 42.1. The molecule has 0 spiro atoms. The lowest BCUT2D eigenvalue weighted by atomic mass is 10.1. The predicted octanol–water partition coefficient (Wildman–Crippen LogP) is 6.88. The average Bonchev–Trinajstić information content (AvgIpc) is 3.37. The summed E-state index contributed by atoms with van der Waals surface area (Å²) in [6.07, 6.45) is 0. The van der Waals surface area contributed by atoms with E-state index < -0.39 is 0 Å². The minimum atomic E-state index is 0.587. The van der Waals surface area contributed by atoms with Crippen molar-refractivity contribution in [2.24, 2.45) is 0 Å². The second-order valence-corrected chi connectivity index (χ2v) is 9.31. The van der Waals surface area contributed by atoms with Gasteiger partial charge in [-0.2, -0.15) is 0 Å². The zero-order chi connectivity index (χ0) is 26.9. The summed E-state index contributed by atoms with van der Waals surface area (Å²) in [6.45, 7) is 0. The molecular formula is C33H22BN4O2. The van der Waals surface area contributed by atoms with Crippen LogP contribution >= 0.6 is 0 Å². The third-order valence-corrected chi connectivity index (χ3v) is 6.90. The molecule has 0 aliphatic carbocycles. The molecule has 40 heavy (non-hydrogen) atoms. The van der Waals surface area contributed by atoms with E-state index in [1.165, 1.54) is 0 Å². The van der Waals surface area contributed by atoms with Crippen molar-refractivity contribution < 1.29 is 9.68 Å². The number of fused-ring (bicyclic) bond motifs is 3. The van der Waals surface area contributed by atoms with Crippen molar-refractivity contribution in [1.82, 2.24) is 19.5 Å². The molecule has 0 saturated carbocycles. The Morgan fingerprint density at radius 3 is 1.77 bits per heavy atom. The van der Waals surface area contributed by atoms with Gasteiger partial charge in [0, 0.05) is 33.2 Å². The smallest absolute Gasteiger partial charge is 0.537 e. The van der Waals surface area contributed by atoms with E-state index in [0.717, 1.165) is 51.9 Å². The van der Waals surface area contributed by atoms with Crippen LogP contribution in [0.2, 0.25) is 0 Å². The fraction of sp³-hybridized carbons (Fsp3) is 0. The monoisotopic (exact) mass is 517 g/mol. The lowest BCUT2D eigenvalue weighted by molar-refractivity contribution is 0.457. The minimum absolute atomic E-state index is 0.587. The molecule has 1 N–H and O–H groups in total. The lowest BCUT2D eigenvalue weighted by Crippen LogP contribution is -2.01. The second-order valence-electron chi connectivity index (χ2n) is 9.31. The molecule has 5 aromatic carbocycles. The maximum Gasteiger partial charge on any atom is 0.569 e. The number of hydrogen-bond acceptors (Lipinski definition) is 5. The van der Waals surface area contributed by atoms with E-state index >= 15 is 0 Å². The molecule has 2 heterocycles. The molecule has 0 atom stereocenters. The highest BCUT2D eigenvalue weighted by molar-refractivity contribution is 6.20. The fourth-order valence-corrected chi connectivity index (χ4v) is 5.14. The first-order valence-corrected chi connectivity index (χ1v) is 12.9. The number of aromatic nitrogens is 4. The molecule has 7 aromatic rings. The Kier molecular flexibility index (Phi) is 6.03. The molecule has 189 valence electrons. The van der Waals surface area contributed by atoms with Crippen LogP contribution in [0.5, 0.6) is 5.75 Å². The third-order valence-electron chi connectivity index (χ3n) is 6.90. The largest absolute Gasteiger partial charge is 0.569 e. The first-order valence-electron chi connectivity index (χ1n) is 12.9. The van der Waals surface area contributed by atoms with Crippen LogP contribution in [-0.2, 0) is 0 Å². The van der Waals surface area contributed by atoms with Crippen LogP contribution in [0, 0.1) is 0 Å². The van der Waals surface area contributed by atoms with Gasteiger partial charge < -0.3 is 14.2 Å². The first-order chi connectivity index (χ1) is 19.8. The Hall–Kier alpha value is -5.27. The molecule has 1 radical (unpaired) electrons. The summed E-state index contributed by atoms with van der Waals surface area (Å²) in [5.74, 6) is 2.42. The van der Waals surface area contributed by atoms with E-state index in [4.69, 9.17) is 19.6 Å². The van der Waals surface area contributed by atoms with E-state index in [-0.39, 0.29) is 0 Å². The van der Waals surface area contributed by atoms with Crippen molar-refractivity contribution >= 4 is 29.5 Å². The topological polar surface area (TPSA) is 73.1 Å². The van der Waals surface area contributed by atoms with Crippen molar-refractivity contribution in [2.45, 2.75) is 0 Å². The molecule has 0 aliphatic rings. The van der Waals surface area contributed by atoms with Crippen molar-refractivity contribution in [1.29, 1.82) is 0 Å². The highest BCUT2D eigenvalue weighted by atomic mass is 16.5. The van der Waals surface area contributed by atoms with E-state index in [2.05, 4.69) is 34.9 Å². The molecule has 7 rings (SSSR count). The van der Waals surface area contributed by atoms with E-state index in [9.17, 15) is 5.02 Å². The van der Waals surface area contributed by atoms with Crippen LogP contribution in [0.4, 0.5) is 0 Å². The van der Waals surface area contributed by atoms with Crippen LogP contribution < -0.4 is 4.65 Å². The number of nitrogens with zero attached hydrogens (tertiary/aromatic N) is 4. The number of rotatable bonds is 6. The maximum absolute atomic E-state index is 9.37. The Morgan fingerprint density at radius 1 is 0.550 bits per heavy atom. The Balaban J connectivity index is 1.43. The standard InChI is InChI=1S/C33H22BN4O2/c39-34-40-29-20-10-19-28-30(29)26-17-7-8-18-27(26)38(28)25-16-9-15-24(21-25)33-36-31(22-11-3-1-4-12-22)35-32(37-33)23-13-5-2-6-14-23/h1-21,39H. The Morgan fingerprint density at radius 2 is 1.10 bits per heavy atom. The van der Waals surface area contributed by atoms with E-state index in [0.29, 0.717) is 23.2 Å². The first kappa shape index (κ1) is 23.8. The van der Waals surface area contributed by atoms with Crippen molar-refractivity contribution in [2.75, 3.05) is 0 Å².